The summed E-state index contributed by atoms with van der Waals surface area (Å²) in [6, 6.07) is 9.22. The Morgan fingerprint density at radius 3 is 2.69 bits per heavy atom. The van der Waals surface area contributed by atoms with Crippen molar-refractivity contribution in [3.05, 3.63) is 41.8 Å². The SMILES string of the molecule is COc1ccccc1NC(=O)[C@@H](C)N1CCN(Cc2cc(C)on2)CC1. The van der Waals surface area contributed by atoms with Gasteiger partial charge in [-0.3, -0.25) is 14.6 Å². The lowest BCUT2D eigenvalue weighted by atomic mass is 10.2. The summed E-state index contributed by atoms with van der Waals surface area (Å²) >= 11 is 0. The fourth-order valence-corrected chi connectivity index (χ4v) is 3.18. The minimum absolute atomic E-state index is 0.0184. The normalized spacial score (nSPS) is 17.0. The second kappa shape index (κ2) is 8.33. The van der Waals surface area contributed by atoms with Crippen LogP contribution in [0.25, 0.3) is 0 Å². The molecule has 1 amide bonds. The molecule has 0 saturated carbocycles. The van der Waals surface area contributed by atoms with Crippen LogP contribution in [-0.2, 0) is 11.3 Å². The van der Waals surface area contributed by atoms with E-state index in [9.17, 15) is 4.79 Å². The molecule has 1 aliphatic rings. The number of ether oxygens (including phenoxy) is 1. The van der Waals surface area contributed by atoms with Crippen LogP contribution in [0.4, 0.5) is 5.69 Å². The van der Waals surface area contributed by atoms with Crippen molar-refractivity contribution in [2.24, 2.45) is 0 Å². The number of aromatic nitrogens is 1. The van der Waals surface area contributed by atoms with Gasteiger partial charge in [-0.25, -0.2) is 0 Å². The third-order valence-electron chi connectivity index (χ3n) is 4.76. The Kier molecular flexibility index (Phi) is 5.90. The molecule has 0 spiro atoms. The molecule has 26 heavy (non-hydrogen) atoms. The Balaban J connectivity index is 1.51. The van der Waals surface area contributed by atoms with Gasteiger partial charge >= 0.3 is 0 Å². The molecule has 7 nitrogen and oxygen atoms in total. The van der Waals surface area contributed by atoms with Crippen molar-refractivity contribution >= 4 is 11.6 Å². The highest BCUT2D eigenvalue weighted by Crippen LogP contribution is 2.23. The zero-order valence-electron chi connectivity index (χ0n) is 15.6. The van der Waals surface area contributed by atoms with E-state index in [1.807, 2.05) is 44.2 Å². The van der Waals surface area contributed by atoms with Crippen molar-refractivity contribution < 1.29 is 14.1 Å². The summed E-state index contributed by atoms with van der Waals surface area (Å²) in [5.41, 5.74) is 1.66. The summed E-state index contributed by atoms with van der Waals surface area (Å²) in [4.78, 5) is 17.1. The first kappa shape index (κ1) is 18.4. The van der Waals surface area contributed by atoms with Crippen molar-refractivity contribution in [2.45, 2.75) is 26.4 Å². The molecule has 1 N–H and O–H groups in total. The smallest absolute Gasteiger partial charge is 0.241 e. The van der Waals surface area contributed by atoms with E-state index in [0.29, 0.717) is 11.4 Å². The third kappa shape index (κ3) is 4.42. The van der Waals surface area contributed by atoms with Crippen LogP contribution in [0.5, 0.6) is 5.75 Å². The number of amides is 1. The van der Waals surface area contributed by atoms with E-state index < -0.39 is 0 Å². The van der Waals surface area contributed by atoms with Gasteiger partial charge < -0.3 is 14.6 Å². The molecule has 0 radical (unpaired) electrons. The largest absolute Gasteiger partial charge is 0.495 e. The van der Waals surface area contributed by atoms with E-state index in [4.69, 9.17) is 9.26 Å². The lowest BCUT2D eigenvalue weighted by Gasteiger charge is -2.37. The van der Waals surface area contributed by atoms with Crippen LogP contribution in [0.2, 0.25) is 0 Å². The lowest BCUT2D eigenvalue weighted by Crippen LogP contribution is -2.52. The van der Waals surface area contributed by atoms with Crippen molar-refractivity contribution in [2.75, 3.05) is 38.6 Å². The quantitative estimate of drug-likeness (QED) is 0.853. The van der Waals surface area contributed by atoms with E-state index in [-0.39, 0.29) is 11.9 Å². The van der Waals surface area contributed by atoms with Crippen molar-refractivity contribution in [1.29, 1.82) is 0 Å². The molecule has 0 unspecified atom stereocenters. The van der Waals surface area contributed by atoms with Crippen LogP contribution in [0.3, 0.4) is 0 Å². The Bertz CT molecular complexity index is 738. The number of hydrogen-bond acceptors (Lipinski definition) is 6. The van der Waals surface area contributed by atoms with E-state index in [1.54, 1.807) is 7.11 Å². The summed E-state index contributed by atoms with van der Waals surface area (Å²) in [7, 11) is 1.60. The number of nitrogens with zero attached hydrogens (tertiary/aromatic N) is 3. The maximum atomic E-state index is 12.6. The van der Waals surface area contributed by atoms with Crippen molar-refractivity contribution in [1.82, 2.24) is 15.0 Å². The van der Waals surface area contributed by atoms with Crippen LogP contribution in [0.1, 0.15) is 18.4 Å². The number of rotatable bonds is 6. The van der Waals surface area contributed by atoms with Gasteiger partial charge in [0, 0.05) is 38.8 Å². The highest BCUT2D eigenvalue weighted by molar-refractivity contribution is 5.95. The molecule has 1 fully saturated rings. The van der Waals surface area contributed by atoms with Crippen LogP contribution in [0.15, 0.2) is 34.9 Å². The summed E-state index contributed by atoms with van der Waals surface area (Å²) < 4.78 is 10.4. The Morgan fingerprint density at radius 2 is 2.04 bits per heavy atom. The van der Waals surface area contributed by atoms with Crippen molar-refractivity contribution in [3.63, 3.8) is 0 Å². The third-order valence-corrected chi connectivity index (χ3v) is 4.76. The minimum atomic E-state index is -0.198. The fraction of sp³-hybridized carbons (Fsp3) is 0.474. The van der Waals surface area contributed by atoms with E-state index in [2.05, 4.69) is 20.3 Å². The Labute approximate surface area is 153 Å². The highest BCUT2D eigenvalue weighted by atomic mass is 16.5. The molecule has 1 aromatic heterocycles. The second-order valence-corrected chi connectivity index (χ2v) is 6.61. The standard InChI is InChI=1S/C19H26N4O3/c1-14-12-16(21-26-14)13-22-8-10-23(11-9-22)15(2)19(24)20-17-6-4-5-7-18(17)25-3/h4-7,12,15H,8-11,13H2,1-3H3,(H,20,24)/t15-/m1/s1. The average Bonchev–Trinajstić information content (AvgIpc) is 3.07. The summed E-state index contributed by atoms with van der Waals surface area (Å²) in [5.74, 6) is 1.48. The molecule has 1 atom stereocenters. The van der Waals surface area contributed by atoms with Gasteiger partial charge in [0.2, 0.25) is 5.91 Å². The molecule has 140 valence electrons. The van der Waals surface area contributed by atoms with E-state index in [0.717, 1.165) is 44.2 Å². The topological polar surface area (TPSA) is 70.8 Å². The van der Waals surface area contributed by atoms with Gasteiger partial charge in [0.1, 0.15) is 11.5 Å². The monoisotopic (exact) mass is 358 g/mol. The number of anilines is 1. The number of nitrogens with one attached hydrogen (secondary N) is 1. The molecule has 2 aromatic rings. The number of aryl methyl sites for hydroxylation is 1. The molecule has 0 bridgehead atoms. The van der Waals surface area contributed by atoms with Crippen LogP contribution in [-0.4, -0.2) is 60.2 Å². The molecule has 0 aliphatic carbocycles. The van der Waals surface area contributed by atoms with Gasteiger partial charge in [-0.1, -0.05) is 17.3 Å². The number of carbonyl (C=O) groups is 1. The number of carbonyl (C=O) groups excluding carboxylic acids is 1. The molecule has 7 heteroatoms. The molecule has 3 rings (SSSR count). The Morgan fingerprint density at radius 1 is 1.31 bits per heavy atom. The first-order valence-electron chi connectivity index (χ1n) is 8.89. The first-order valence-corrected chi connectivity index (χ1v) is 8.89. The van der Waals surface area contributed by atoms with Crippen molar-refractivity contribution in [3.8, 4) is 5.75 Å². The van der Waals surface area contributed by atoms with E-state index in [1.165, 1.54) is 0 Å². The number of piperazine rings is 1. The molecule has 1 aliphatic heterocycles. The van der Waals surface area contributed by atoms with Gasteiger partial charge in [0.05, 0.1) is 24.5 Å². The number of methoxy groups -OCH3 is 1. The predicted molar refractivity (Wildman–Crippen MR) is 99.2 cm³/mol. The average molecular weight is 358 g/mol. The number of hydrogen-bond donors (Lipinski definition) is 1. The van der Waals surface area contributed by atoms with Gasteiger partial charge in [-0.05, 0) is 26.0 Å². The van der Waals surface area contributed by atoms with Crippen LogP contribution < -0.4 is 10.1 Å². The second-order valence-electron chi connectivity index (χ2n) is 6.61. The molecule has 1 saturated heterocycles. The van der Waals surface area contributed by atoms with Gasteiger partial charge in [-0.15, -0.1) is 0 Å². The number of benzene rings is 1. The minimum Gasteiger partial charge on any atom is -0.495 e. The summed E-state index contributed by atoms with van der Waals surface area (Å²) in [6.07, 6.45) is 0. The zero-order chi connectivity index (χ0) is 18.5. The molecule has 1 aromatic carbocycles. The van der Waals surface area contributed by atoms with Crippen LogP contribution >= 0.6 is 0 Å². The molecule has 2 heterocycles. The van der Waals surface area contributed by atoms with Gasteiger partial charge in [0.15, 0.2) is 0 Å². The van der Waals surface area contributed by atoms with Crippen LogP contribution in [0, 0.1) is 6.92 Å². The molecular formula is C19H26N4O3. The predicted octanol–water partition coefficient (Wildman–Crippen LogP) is 2.14. The lowest BCUT2D eigenvalue weighted by molar-refractivity contribution is -0.121. The zero-order valence-corrected chi connectivity index (χ0v) is 15.6. The van der Waals surface area contributed by atoms with E-state index >= 15 is 0 Å². The first-order chi connectivity index (χ1) is 12.6. The Hall–Kier alpha value is -2.38. The fourth-order valence-electron chi connectivity index (χ4n) is 3.18. The van der Waals surface area contributed by atoms with Gasteiger partial charge in [0.25, 0.3) is 0 Å². The maximum Gasteiger partial charge on any atom is 0.241 e. The molecular weight excluding hydrogens is 332 g/mol. The highest BCUT2D eigenvalue weighted by Gasteiger charge is 2.26. The van der Waals surface area contributed by atoms with Gasteiger partial charge in [-0.2, -0.15) is 0 Å². The number of para-hydroxylation sites is 2. The summed E-state index contributed by atoms with van der Waals surface area (Å²) in [5, 5.41) is 7.02. The maximum absolute atomic E-state index is 12.6. The summed E-state index contributed by atoms with van der Waals surface area (Å²) in [6.45, 7) is 8.12.